The van der Waals surface area contributed by atoms with Crippen LogP contribution in [0.15, 0.2) is 22.7 Å². The molecule has 0 aromatic heterocycles. The maximum Gasteiger partial charge on any atom is 0.252 e. The van der Waals surface area contributed by atoms with Crippen LogP contribution in [0.5, 0.6) is 0 Å². The van der Waals surface area contributed by atoms with Gasteiger partial charge in [-0.3, -0.25) is 4.79 Å². The lowest BCUT2D eigenvalue weighted by Crippen LogP contribution is -2.44. The Morgan fingerprint density at radius 3 is 3.05 bits per heavy atom. The lowest BCUT2D eigenvalue weighted by molar-refractivity contribution is 0.0928. The third-order valence-electron chi connectivity index (χ3n) is 3.59. The first kappa shape index (κ1) is 14.8. The molecule has 1 aliphatic rings. The molecule has 5 heteroatoms. The molecule has 1 aliphatic heterocycles. The standard InChI is InChI=1S/C14H18BrClN2O/c1-18-7-3-2-4-11(18)9-17-14(19)12-8-10(16)5-6-13(12)15/h5-6,8,11H,2-4,7,9H2,1H3,(H,17,19). The van der Waals surface area contributed by atoms with E-state index in [2.05, 4.69) is 33.2 Å². The number of rotatable bonds is 3. The Bertz CT molecular complexity index is 467. The highest BCUT2D eigenvalue weighted by molar-refractivity contribution is 9.10. The van der Waals surface area contributed by atoms with E-state index in [1.807, 2.05) is 0 Å². The summed E-state index contributed by atoms with van der Waals surface area (Å²) in [6.45, 7) is 1.80. The zero-order valence-electron chi connectivity index (χ0n) is 11.0. The number of piperidine rings is 1. The number of halogens is 2. The molecule has 1 aromatic rings. The molecule has 3 nitrogen and oxygen atoms in total. The zero-order chi connectivity index (χ0) is 13.8. The molecule has 1 heterocycles. The first-order valence-electron chi connectivity index (χ1n) is 6.51. The lowest BCUT2D eigenvalue weighted by atomic mass is 10.0. The van der Waals surface area contributed by atoms with Gasteiger partial charge in [-0.05, 0) is 60.6 Å². The summed E-state index contributed by atoms with van der Waals surface area (Å²) in [6.07, 6.45) is 3.64. The number of amides is 1. The number of likely N-dealkylation sites (N-methyl/N-ethyl adjacent to an activating group) is 1. The highest BCUT2D eigenvalue weighted by Gasteiger charge is 2.20. The maximum absolute atomic E-state index is 12.1. The van der Waals surface area contributed by atoms with Gasteiger partial charge >= 0.3 is 0 Å². The van der Waals surface area contributed by atoms with E-state index in [1.54, 1.807) is 18.2 Å². The Balaban J connectivity index is 1.95. The number of hydrogen-bond acceptors (Lipinski definition) is 2. The van der Waals surface area contributed by atoms with E-state index in [9.17, 15) is 4.79 Å². The largest absolute Gasteiger partial charge is 0.350 e. The molecule has 1 saturated heterocycles. The van der Waals surface area contributed by atoms with Crippen molar-refractivity contribution in [1.82, 2.24) is 10.2 Å². The summed E-state index contributed by atoms with van der Waals surface area (Å²) in [5.74, 6) is -0.0756. The highest BCUT2D eigenvalue weighted by atomic mass is 79.9. The summed E-state index contributed by atoms with van der Waals surface area (Å²) in [4.78, 5) is 14.5. The van der Waals surface area contributed by atoms with E-state index in [0.29, 0.717) is 23.2 Å². The minimum atomic E-state index is -0.0756. The third-order valence-corrected chi connectivity index (χ3v) is 4.52. The Morgan fingerprint density at radius 1 is 1.53 bits per heavy atom. The quantitative estimate of drug-likeness (QED) is 0.911. The van der Waals surface area contributed by atoms with Crippen molar-refractivity contribution < 1.29 is 4.79 Å². The fourth-order valence-corrected chi connectivity index (χ4v) is 2.98. The maximum atomic E-state index is 12.1. The SMILES string of the molecule is CN1CCCCC1CNC(=O)c1cc(Cl)ccc1Br. The van der Waals surface area contributed by atoms with Crippen LogP contribution in [0.25, 0.3) is 0 Å². The van der Waals surface area contributed by atoms with Crippen LogP contribution in [0.4, 0.5) is 0 Å². The van der Waals surface area contributed by atoms with E-state index < -0.39 is 0 Å². The van der Waals surface area contributed by atoms with Gasteiger partial charge < -0.3 is 10.2 Å². The van der Waals surface area contributed by atoms with Gasteiger partial charge in [0.05, 0.1) is 5.56 Å². The van der Waals surface area contributed by atoms with E-state index in [1.165, 1.54) is 12.8 Å². The normalized spacial score (nSPS) is 20.3. The molecule has 1 aromatic carbocycles. The van der Waals surface area contributed by atoms with Crippen LogP contribution in [0.1, 0.15) is 29.6 Å². The summed E-state index contributed by atoms with van der Waals surface area (Å²) in [5, 5.41) is 3.57. The Labute approximate surface area is 127 Å². The van der Waals surface area contributed by atoms with Crippen molar-refractivity contribution >= 4 is 33.4 Å². The van der Waals surface area contributed by atoms with Crippen LogP contribution < -0.4 is 5.32 Å². The van der Waals surface area contributed by atoms with Crippen LogP contribution in [0, 0.1) is 0 Å². The topological polar surface area (TPSA) is 32.3 Å². The van der Waals surface area contributed by atoms with Crippen LogP contribution >= 0.6 is 27.5 Å². The number of likely N-dealkylation sites (tertiary alicyclic amines) is 1. The third kappa shape index (κ3) is 3.94. The van der Waals surface area contributed by atoms with Gasteiger partial charge in [0.25, 0.3) is 5.91 Å². The summed E-state index contributed by atoms with van der Waals surface area (Å²) in [6, 6.07) is 5.68. The number of hydrogen-bond donors (Lipinski definition) is 1. The zero-order valence-corrected chi connectivity index (χ0v) is 13.3. The molecule has 0 saturated carbocycles. The smallest absolute Gasteiger partial charge is 0.252 e. The molecule has 2 rings (SSSR count). The average molecular weight is 346 g/mol. The van der Waals surface area contributed by atoms with Gasteiger partial charge in [0.15, 0.2) is 0 Å². The van der Waals surface area contributed by atoms with Gasteiger partial charge in [-0.2, -0.15) is 0 Å². The van der Waals surface area contributed by atoms with Crippen LogP contribution in [-0.4, -0.2) is 37.0 Å². The molecule has 1 atom stereocenters. The molecule has 1 N–H and O–H groups in total. The fourth-order valence-electron chi connectivity index (χ4n) is 2.38. The van der Waals surface area contributed by atoms with Gasteiger partial charge in [0.1, 0.15) is 0 Å². The predicted molar refractivity (Wildman–Crippen MR) is 81.8 cm³/mol. The average Bonchev–Trinajstić information content (AvgIpc) is 2.40. The fraction of sp³-hybridized carbons (Fsp3) is 0.500. The highest BCUT2D eigenvalue weighted by Crippen LogP contribution is 2.21. The Morgan fingerprint density at radius 2 is 2.32 bits per heavy atom. The van der Waals surface area contributed by atoms with Crippen molar-refractivity contribution in [3.63, 3.8) is 0 Å². The molecule has 104 valence electrons. The molecular weight excluding hydrogens is 328 g/mol. The predicted octanol–water partition coefficient (Wildman–Crippen LogP) is 3.32. The van der Waals surface area contributed by atoms with Crippen molar-refractivity contribution in [2.24, 2.45) is 0 Å². The minimum Gasteiger partial charge on any atom is -0.350 e. The molecule has 1 amide bonds. The van der Waals surface area contributed by atoms with E-state index >= 15 is 0 Å². The number of benzene rings is 1. The molecule has 0 bridgehead atoms. The monoisotopic (exact) mass is 344 g/mol. The second kappa shape index (κ2) is 6.73. The number of carbonyl (C=O) groups excluding carboxylic acids is 1. The van der Waals surface area contributed by atoms with Crippen molar-refractivity contribution in [2.75, 3.05) is 20.1 Å². The van der Waals surface area contributed by atoms with Crippen LogP contribution in [0.2, 0.25) is 5.02 Å². The van der Waals surface area contributed by atoms with Gasteiger partial charge in [0, 0.05) is 22.1 Å². The summed E-state index contributed by atoms with van der Waals surface area (Å²) < 4.78 is 0.770. The summed E-state index contributed by atoms with van der Waals surface area (Å²) in [5.41, 5.74) is 0.589. The second-order valence-electron chi connectivity index (χ2n) is 4.96. The van der Waals surface area contributed by atoms with Crippen molar-refractivity contribution in [3.05, 3.63) is 33.3 Å². The van der Waals surface area contributed by atoms with Crippen molar-refractivity contribution in [3.8, 4) is 0 Å². The molecule has 1 unspecified atom stereocenters. The first-order valence-corrected chi connectivity index (χ1v) is 7.68. The number of carbonyl (C=O) groups is 1. The van der Waals surface area contributed by atoms with Crippen molar-refractivity contribution in [2.45, 2.75) is 25.3 Å². The van der Waals surface area contributed by atoms with Gasteiger partial charge in [-0.15, -0.1) is 0 Å². The summed E-state index contributed by atoms with van der Waals surface area (Å²) in [7, 11) is 2.12. The van der Waals surface area contributed by atoms with Crippen molar-refractivity contribution in [1.29, 1.82) is 0 Å². The van der Waals surface area contributed by atoms with Gasteiger partial charge in [-0.25, -0.2) is 0 Å². The lowest BCUT2D eigenvalue weighted by Gasteiger charge is -2.32. The van der Waals surface area contributed by atoms with Gasteiger partial charge in [-0.1, -0.05) is 18.0 Å². The molecule has 1 fully saturated rings. The van der Waals surface area contributed by atoms with E-state index in [0.717, 1.165) is 17.4 Å². The molecule has 0 radical (unpaired) electrons. The molecule has 0 aliphatic carbocycles. The second-order valence-corrected chi connectivity index (χ2v) is 6.26. The molecular formula is C14H18BrClN2O. The van der Waals surface area contributed by atoms with Crippen LogP contribution in [-0.2, 0) is 0 Å². The minimum absolute atomic E-state index is 0.0756. The Kier molecular flexibility index (Phi) is 5.25. The van der Waals surface area contributed by atoms with E-state index in [4.69, 9.17) is 11.6 Å². The molecule has 19 heavy (non-hydrogen) atoms. The first-order chi connectivity index (χ1) is 9.08. The number of nitrogens with zero attached hydrogens (tertiary/aromatic N) is 1. The number of nitrogens with one attached hydrogen (secondary N) is 1. The Hall–Kier alpha value is -0.580. The van der Waals surface area contributed by atoms with Gasteiger partial charge in [0.2, 0.25) is 0 Å². The molecule has 0 spiro atoms. The van der Waals surface area contributed by atoms with Crippen LogP contribution in [0.3, 0.4) is 0 Å². The summed E-state index contributed by atoms with van der Waals surface area (Å²) >= 11 is 9.30. The van der Waals surface area contributed by atoms with E-state index in [-0.39, 0.29) is 5.91 Å².